The Bertz CT molecular complexity index is 597. The lowest BCUT2D eigenvalue weighted by Gasteiger charge is -2.13. The third-order valence-corrected chi connectivity index (χ3v) is 3.28. The highest BCUT2D eigenvalue weighted by Gasteiger charge is 2.09. The third-order valence-electron chi connectivity index (χ3n) is 3.28. The van der Waals surface area contributed by atoms with Crippen molar-refractivity contribution in [2.45, 2.75) is 20.4 Å². The van der Waals surface area contributed by atoms with E-state index >= 15 is 0 Å². The second-order valence-electron chi connectivity index (χ2n) is 4.63. The molecule has 0 bridgehead atoms. The summed E-state index contributed by atoms with van der Waals surface area (Å²) in [6.45, 7) is 4.68. The van der Waals surface area contributed by atoms with Gasteiger partial charge in [-0.3, -0.25) is 4.98 Å². The maximum Gasteiger partial charge on any atom is 0.128 e. The average Bonchev–Trinajstić information content (AvgIpc) is 2.47. The molecule has 0 radical (unpaired) electrons. The van der Waals surface area contributed by atoms with Crippen molar-refractivity contribution in [1.82, 2.24) is 4.98 Å². The van der Waals surface area contributed by atoms with Crippen LogP contribution in [0.3, 0.4) is 0 Å². The van der Waals surface area contributed by atoms with Crippen molar-refractivity contribution in [3.63, 3.8) is 0 Å². The molecule has 2 rings (SSSR count). The van der Waals surface area contributed by atoms with Crippen LogP contribution in [0.1, 0.15) is 16.8 Å². The summed E-state index contributed by atoms with van der Waals surface area (Å²) in [5.74, 6) is 1.74. The lowest BCUT2D eigenvalue weighted by molar-refractivity contribution is 0.407. The molecule has 0 amide bonds. The Kier molecular flexibility index (Phi) is 4.45. The van der Waals surface area contributed by atoms with Crippen LogP contribution >= 0.6 is 0 Å². The zero-order valence-electron chi connectivity index (χ0n) is 12.4. The van der Waals surface area contributed by atoms with Crippen LogP contribution in [0.15, 0.2) is 30.5 Å². The molecule has 0 saturated carbocycles. The van der Waals surface area contributed by atoms with E-state index in [1.54, 1.807) is 14.2 Å². The number of nitrogens with one attached hydrogen (secondary N) is 1. The molecule has 4 nitrogen and oxygen atoms in total. The fraction of sp³-hybridized carbons (Fsp3) is 0.312. The molecule has 20 heavy (non-hydrogen) atoms. The van der Waals surface area contributed by atoms with Crippen molar-refractivity contribution < 1.29 is 9.47 Å². The second kappa shape index (κ2) is 6.28. The predicted octanol–water partition coefficient (Wildman–Crippen LogP) is 3.33. The Morgan fingerprint density at radius 2 is 1.95 bits per heavy atom. The molecule has 0 aliphatic heterocycles. The summed E-state index contributed by atoms with van der Waals surface area (Å²) in [4.78, 5) is 4.47. The fourth-order valence-corrected chi connectivity index (χ4v) is 2.17. The van der Waals surface area contributed by atoms with Gasteiger partial charge in [-0.1, -0.05) is 6.07 Å². The Hall–Kier alpha value is -2.23. The number of nitrogens with zero attached hydrogens (tertiary/aromatic N) is 1. The van der Waals surface area contributed by atoms with Crippen molar-refractivity contribution in [3.05, 3.63) is 47.3 Å². The first-order valence-corrected chi connectivity index (χ1v) is 6.52. The molecule has 0 aliphatic rings. The van der Waals surface area contributed by atoms with E-state index in [1.807, 2.05) is 44.3 Å². The highest BCUT2D eigenvalue weighted by Crippen LogP contribution is 2.25. The minimum Gasteiger partial charge on any atom is -0.497 e. The Morgan fingerprint density at radius 1 is 1.15 bits per heavy atom. The number of ether oxygens (including phenoxy) is 2. The van der Waals surface area contributed by atoms with Gasteiger partial charge in [0, 0.05) is 29.1 Å². The van der Waals surface area contributed by atoms with Crippen LogP contribution in [0.2, 0.25) is 0 Å². The van der Waals surface area contributed by atoms with Gasteiger partial charge in [0.25, 0.3) is 0 Å². The first kappa shape index (κ1) is 14.2. The molecular weight excluding hydrogens is 252 g/mol. The van der Waals surface area contributed by atoms with E-state index < -0.39 is 0 Å². The molecule has 0 unspecified atom stereocenters. The predicted molar refractivity (Wildman–Crippen MR) is 80.6 cm³/mol. The molecule has 2 aromatic rings. The molecule has 4 heteroatoms. The van der Waals surface area contributed by atoms with Gasteiger partial charge in [-0.2, -0.15) is 0 Å². The summed E-state index contributed by atoms with van der Waals surface area (Å²) in [6, 6.07) is 7.84. The van der Waals surface area contributed by atoms with Crippen molar-refractivity contribution >= 4 is 5.69 Å². The first-order chi connectivity index (χ1) is 9.65. The normalized spacial score (nSPS) is 10.2. The lowest BCUT2D eigenvalue weighted by Crippen LogP contribution is -2.06. The third kappa shape index (κ3) is 3.02. The molecule has 1 N–H and O–H groups in total. The van der Waals surface area contributed by atoms with Gasteiger partial charge in [-0.25, -0.2) is 0 Å². The van der Waals surface area contributed by atoms with Crippen LogP contribution < -0.4 is 14.8 Å². The smallest absolute Gasteiger partial charge is 0.128 e. The van der Waals surface area contributed by atoms with Crippen molar-refractivity contribution in [2.75, 3.05) is 19.5 Å². The maximum atomic E-state index is 5.42. The summed E-state index contributed by atoms with van der Waals surface area (Å²) in [7, 11) is 3.35. The topological polar surface area (TPSA) is 43.4 Å². The van der Waals surface area contributed by atoms with Gasteiger partial charge in [0.15, 0.2) is 0 Å². The van der Waals surface area contributed by atoms with Gasteiger partial charge in [-0.15, -0.1) is 0 Å². The summed E-state index contributed by atoms with van der Waals surface area (Å²) in [5, 5.41) is 3.35. The van der Waals surface area contributed by atoms with Gasteiger partial charge in [0.1, 0.15) is 11.5 Å². The van der Waals surface area contributed by atoms with E-state index in [0.29, 0.717) is 6.54 Å². The Balaban J connectivity index is 2.14. The van der Waals surface area contributed by atoms with Gasteiger partial charge in [0.2, 0.25) is 0 Å². The summed E-state index contributed by atoms with van der Waals surface area (Å²) >= 11 is 0. The molecule has 0 atom stereocenters. The number of rotatable bonds is 5. The van der Waals surface area contributed by atoms with Crippen LogP contribution in [0.4, 0.5) is 5.69 Å². The van der Waals surface area contributed by atoms with E-state index in [-0.39, 0.29) is 0 Å². The van der Waals surface area contributed by atoms with Gasteiger partial charge in [-0.05, 0) is 26.0 Å². The summed E-state index contributed by atoms with van der Waals surface area (Å²) in [6.07, 6.45) is 1.84. The van der Waals surface area contributed by atoms with Crippen molar-refractivity contribution in [3.8, 4) is 11.5 Å². The Labute approximate surface area is 119 Å². The highest BCUT2D eigenvalue weighted by molar-refractivity contribution is 5.49. The summed E-state index contributed by atoms with van der Waals surface area (Å²) in [5.41, 5.74) is 4.11. The number of aryl methyl sites for hydroxylation is 1. The van der Waals surface area contributed by atoms with E-state index in [1.165, 1.54) is 0 Å². The highest BCUT2D eigenvalue weighted by atomic mass is 16.5. The van der Waals surface area contributed by atoms with Crippen LogP contribution in [-0.4, -0.2) is 19.2 Å². The quantitative estimate of drug-likeness (QED) is 0.906. The number of pyridine rings is 1. The van der Waals surface area contributed by atoms with Crippen LogP contribution in [0, 0.1) is 13.8 Å². The number of hydrogen-bond donors (Lipinski definition) is 1. The minimum absolute atomic E-state index is 0.648. The van der Waals surface area contributed by atoms with Crippen molar-refractivity contribution in [1.29, 1.82) is 0 Å². The van der Waals surface area contributed by atoms with Gasteiger partial charge >= 0.3 is 0 Å². The van der Waals surface area contributed by atoms with Crippen LogP contribution in [0.25, 0.3) is 0 Å². The van der Waals surface area contributed by atoms with Gasteiger partial charge in [0.05, 0.1) is 26.5 Å². The molecule has 0 saturated heterocycles. The van der Waals surface area contributed by atoms with Crippen LogP contribution in [0.5, 0.6) is 11.5 Å². The molecule has 0 spiro atoms. The van der Waals surface area contributed by atoms with Crippen LogP contribution in [-0.2, 0) is 6.54 Å². The van der Waals surface area contributed by atoms with E-state index in [9.17, 15) is 0 Å². The van der Waals surface area contributed by atoms with E-state index in [0.717, 1.165) is 34.0 Å². The largest absolute Gasteiger partial charge is 0.497 e. The molecular formula is C16H20N2O2. The first-order valence-electron chi connectivity index (χ1n) is 6.52. The van der Waals surface area contributed by atoms with Gasteiger partial charge < -0.3 is 14.8 Å². The number of aromatic nitrogens is 1. The van der Waals surface area contributed by atoms with E-state index in [2.05, 4.69) is 10.3 Å². The maximum absolute atomic E-state index is 5.42. The second-order valence-corrected chi connectivity index (χ2v) is 4.63. The lowest BCUT2D eigenvalue weighted by atomic mass is 10.1. The monoisotopic (exact) mass is 272 g/mol. The molecule has 1 heterocycles. The minimum atomic E-state index is 0.648. The Morgan fingerprint density at radius 3 is 2.65 bits per heavy atom. The average molecular weight is 272 g/mol. The fourth-order valence-electron chi connectivity index (χ4n) is 2.17. The SMILES string of the molecule is COc1cccc(NCc2ncc(C)c(OC)c2C)c1. The molecule has 106 valence electrons. The van der Waals surface area contributed by atoms with Crippen molar-refractivity contribution in [2.24, 2.45) is 0 Å². The molecule has 0 aliphatic carbocycles. The molecule has 0 fully saturated rings. The number of anilines is 1. The van der Waals surface area contributed by atoms with E-state index in [4.69, 9.17) is 9.47 Å². The zero-order valence-corrected chi connectivity index (χ0v) is 12.4. The number of hydrogen-bond acceptors (Lipinski definition) is 4. The molecule has 1 aromatic carbocycles. The summed E-state index contributed by atoms with van der Waals surface area (Å²) < 4.78 is 10.6. The number of methoxy groups -OCH3 is 2. The standard InChI is InChI=1S/C16H20N2O2/c1-11-9-18-15(12(2)16(11)20-4)10-17-13-6-5-7-14(8-13)19-3/h5-9,17H,10H2,1-4H3. The zero-order chi connectivity index (χ0) is 14.5. The molecule has 1 aromatic heterocycles. The number of benzene rings is 1.